The molecule has 0 saturated heterocycles. The molecule has 0 unspecified atom stereocenters. The molecule has 23 heavy (non-hydrogen) atoms. The standard InChI is InChI=1S/C16H13Cl2NO3S/c1-22-16(21)10-5-7-11(8-6-10)19-14(20)9-23-15-12(17)3-2-4-13(15)18/h2-8H,9H2,1H3,(H,19,20). The van der Waals surface area contributed by atoms with Crippen molar-refractivity contribution in [2.75, 3.05) is 18.2 Å². The maximum absolute atomic E-state index is 12.0. The van der Waals surface area contributed by atoms with Gasteiger partial charge in [0.05, 0.1) is 28.5 Å². The van der Waals surface area contributed by atoms with E-state index in [0.717, 1.165) is 0 Å². The van der Waals surface area contributed by atoms with Crippen molar-refractivity contribution >= 4 is 52.5 Å². The molecule has 0 aliphatic carbocycles. The smallest absolute Gasteiger partial charge is 0.337 e. The lowest BCUT2D eigenvalue weighted by Crippen LogP contribution is -2.14. The zero-order valence-electron chi connectivity index (χ0n) is 12.1. The van der Waals surface area contributed by atoms with Crippen LogP contribution in [0.25, 0.3) is 0 Å². The van der Waals surface area contributed by atoms with Crippen LogP contribution in [0.2, 0.25) is 10.0 Å². The van der Waals surface area contributed by atoms with E-state index in [2.05, 4.69) is 10.1 Å². The molecule has 120 valence electrons. The Kier molecular flexibility index (Phi) is 6.33. The van der Waals surface area contributed by atoms with Crippen molar-refractivity contribution in [1.82, 2.24) is 0 Å². The first-order valence-electron chi connectivity index (χ1n) is 6.56. The zero-order chi connectivity index (χ0) is 16.8. The van der Waals surface area contributed by atoms with E-state index in [0.29, 0.717) is 26.2 Å². The van der Waals surface area contributed by atoms with Crippen LogP contribution >= 0.6 is 35.0 Å². The van der Waals surface area contributed by atoms with E-state index in [1.807, 2.05) is 0 Å². The average Bonchev–Trinajstić information content (AvgIpc) is 2.54. The van der Waals surface area contributed by atoms with Crippen LogP contribution in [0.15, 0.2) is 47.4 Å². The first-order chi connectivity index (χ1) is 11.0. The molecule has 4 nitrogen and oxygen atoms in total. The summed E-state index contributed by atoms with van der Waals surface area (Å²) in [6, 6.07) is 11.6. The molecular weight excluding hydrogens is 357 g/mol. The van der Waals surface area contributed by atoms with E-state index in [4.69, 9.17) is 23.2 Å². The molecule has 7 heteroatoms. The minimum absolute atomic E-state index is 0.169. The van der Waals surface area contributed by atoms with Gasteiger partial charge in [-0.2, -0.15) is 0 Å². The Labute approximate surface area is 148 Å². The van der Waals surface area contributed by atoms with Crippen LogP contribution in [0.5, 0.6) is 0 Å². The van der Waals surface area contributed by atoms with Crippen molar-refractivity contribution in [3.63, 3.8) is 0 Å². The first kappa shape index (κ1) is 17.7. The summed E-state index contributed by atoms with van der Waals surface area (Å²) in [7, 11) is 1.31. The molecular formula is C16H13Cl2NO3S. The number of hydrogen-bond donors (Lipinski definition) is 1. The highest BCUT2D eigenvalue weighted by Crippen LogP contribution is 2.33. The van der Waals surface area contributed by atoms with Gasteiger partial charge in [0, 0.05) is 10.6 Å². The van der Waals surface area contributed by atoms with Gasteiger partial charge in [-0.1, -0.05) is 29.3 Å². The average molecular weight is 370 g/mol. The number of rotatable bonds is 5. The number of benzene rings is 2. The van der Waals surface area contributed by atoms with Crippen molar-refractivity contribution in [3.05, 3.63) is 58.1 Å². The molecule has 0 spiro atoms. The summed E-state index contributed by atoms with van der Waals surface area (Å²) in [5.41, 5.74) is 1.01. The normalized spacial score (nSPS) is 10.2. The van der Waals surface area contributed by atoms with Crippen LogP contribution in [0.4, 0.5) is 5.69 Å². The van der Waals surface area contributed by atoms with Crippen LogP contribution in [0.1, 0.15) is 10.4 Å². The summed E-state index contributed by atoms with van der Waals surface area (Å²) in [5, 5.41) is 3.76. The quantitative estimate of drug-likeness (QED) is 0.622. The molecule has 0 fully saturated rings. The molecule has 0 aliphatic heterocycles. The maximum Gasteiger partial charge on any atom is 0.337 e. The number of anilines is 1. The van der Waals surface area contributed by atoms with Crippen LogP contribution in [0, 0.1) is 0 Å². The van der Waals surface area contributed by atoms with Crippen LogP contribution in [-0.4, -0.2) is 24.7 Å². The monoisotopic (exact) mass is 369 g/mol. The van der Waals surface area contributed by atoms with Gasteiger partial charge in [-0.05, 0) is 36.4 Å². The van der Waals surface area contributed by atoms with Gasteiger partial charge in [0.15, 0.2) is 0 Å². The summed E-state index contributed by atoms with van der Waals surface area (Å²) in [5.74, 6) is -0.453. The number of esters is 1. The number of carbonyl (C=O) groups excluding carboxylic acids is 2. The van der Waals surface area contributed by atoms with Gasteiger partial charge in [-0.15, -0.1) is 11.8 Å². The molecule has 0 saturated carbocycles. The molecule has 2 rings (SSSR count). The number of amides is 1. The fourth-order valence-corrected chi connectivity index (χ4v) is 3.25. The summed E-state index contributed by atoms with van der Waals surface area (Å²) in [4.78, 5) is 24.0. The van der Waals surface area contributed by atoms with Gasteiger partial charge in [0.25, 0.3) is 0 Å². The van der Waals surface area contributed by atoms with Gasteiger partial charge >= 0.3 is 5.97 Å². The number of carbonyl (C=O) groups is 2. The van der Waals surface area contributed by atoms with Gasteiger partial charge in [0.2, 0.25) is 5.91 Å². The van der Waals surface area contributed by atoms with Crippen LogP contribution < -0.4 is 5.32 Å². The Morgan fingerprint density at radius 2 is 1.70 bits per heavy atom. The molecule has 0 heterocycles. The van der Waals surface area contributed by atoms with Crippen LogP contribution in [0.3, 0.4) is 0 Å². The lowest BCUT2D eigenvalue weighted by Gasteiger charge is -2.08. The minimum atomic E-state index is -0.424. The van der Waals surface area contributed by atoms with E-state index >= 15 is 0 Å². The van der Waals surface area contributed by atoms with Crippen molar-refractivity contribution < 1.29 is 14.3 Å². The fraction of sp³-hybridized carbons (Fsp3) is 0.125. The van der Waals surface area contributed by atoms with Gasteiger partial charge in [0.1, 0.15) is 0 Å². The third-order valence-electron chi connectivity index (χ3n) is 2.86. The molecule has 0 aromatic heterocycles. The molecule has 2 aromatic carbocycles. The number of ether oxygens (including phenoxy) is 1. The Hall–Kier alpha value is -1.69. The number of hydrogen-bond acceptors (Lipinski definition) is 4. The Bertz CT molecular complexity index is 700. The number of thioether (sulfide) groups is 1. The largest absolute Gasteiger partial charge is 0.465 e. The lowest BCUT2D eigenvalue weighted by atomic mass is 10.2. The van der Waals surface area contributed by atoms with Gasteiger partial charge < -0.3 is 10.1 Å². The number of methoxy groups -OCH3 is 1. The van der Waals surface area contributed by atoms with E-state index in [1.165, 1.54) is 18.9 Å². The second-order valence-electron chi connectivity index (χ2n) is 4.46. The van der Waals surface area contributed by atoms with Gasteiger partial charge in [-0.3, -0.25) is 4.79 Å². The third-order valence-corrected chi connectivity index (χ3v) is 4.85. The molecule has 2 aromatic rings. The predicted octanol–water partition coefficient (Wildman–Crippen LogP) is 4.51. The van der Waals surface area contributed by atoms with Crippen LogP contribution in [-0.2, 0) is 9.53 Å². The molecule has 0 atom stereocenters. The highest BCUT2D eigenvalue weighted by molar-refractivity contribution is 8.00. The lowest BCUT2D eigenvalue weighted by molar-refractivity contribution is -0.113. The summed E-state index contributed by atoms with van der Waals surface area (Å²) in [6.45, 7) is 0. The van der Waals surface area contributed by atoms with E-state index in [1.54, 1.807) is 42.5 Å². The molecule has 0 aliphatic rings. The molecule has 1 N–H and O–H groups in total. The SMILES string of the molecule is COC(=O)c1ccc(NC(=O)CSc2c(Cl)cccc2Cl)cc1. The minimum Gasteiger partial charge on any atom is -0.465 e. The second-order valence-corrected chi connectivity index (χ2v) is 6.26. The molecule has 1 amide bonds. The van der Waals surface area contributed by atoms with Crippen molar-refractivity contribution in [2.45, 2.75) is 4.90 Å². The maximum atomic E-state index is 12.0. The fourth-order valence-electron chi connectivity index (χ4n) is 1.76. The number of halogens is 2. The van der Waals surface area contributed by atoms with E-state index in [9.17, 15) is 9.59 Å². The van der Waals surface area contributed by atoms with Crippen molar-refractivity contribution in [2.24, 2.45) is 0 Å². The Balaban J connectivity index is 1.93. The van der Waals surface area contributed by atoms with Crippen molar-refractivity contribution in [1.29, 1.82) is 0 Å². The van der Waals surface area contributed by atoms with E-state index < -0.39 is 5.97 Å². The Morgan fingerprint density at radius 1 is 1.09 bits per heavy atom. The van der Waals surface area contributed by atoms with Gasteiger partial charge in [-0.25, -0.2) is 4.79 Å². The van der Waals surface area contributed by atoms with Crippen molar-refractivity contribution in [3.8, 4) is 0 Å². The first-order valence-corrected chi connectivity index (χ1v) is 8.30. The Morgan fingerprint density at radius 3 is 2.26 bits per heavy atom. The summed E-state index contributed by atoms with van der Waals surface area (Å²) in [6.07, 6.45) is 0. The molecule has 0 bridgehead atoms. The highest BCUT2D eigenvalue weighted by Gasteiger charge is 2.10. The predicted molar refractivity (Wildman–Crippen MR) is 93.6 cm³/mol. The second kappa shape index (κ2) is 8.24. The molecule has 0 radical (unpaired) electrons. The van der Waals surface area contributed by atoms with E-state index in [-0.39, 0.29) is 11.7 Å². The summed E-state index contributed by atoms with van der Waals surface area (Å²) >= 11 is 13.4. The number of nitrogens with one attached hydrogen (secondary N) is 1. The zero-order valence-corrected chi connectivity index (χ0v) is 14.5. The summed E-state index contributed by atoms with van der Waals surface area (Å²) < 4.78 is 4.61. The topological polar surface area (TPSA) is 55.4 Å². The third kappa shape index (κ3) is 4.89. The highest BCUT2D eigenvalue weighted by atomic mass is 35.5.